The number of carbonyl (C=O) groups is 1. The van der Waals surface area contributed by atoms with E-state index >= 15 is 0 Å². The number of amides is 1. The molecule has 1 heterocycles. The molecule has 5 rings (SSSR count). The molecule has 0 bridgehead atoms. The average Bonchev–Trinajstić information content (AvgIpc) is 3.39. The lowest BCUT2D eigenvalue weighted by molar-refractivity contribution is -0.129. The number of hydrogen-bond acceptors (Lipinski definition) is 5. The minimum Gasteiger partial charge on any atom is -0.494 e. The maximum absolute atomic E-state index is 14.2. The van der Waals surface area contributed by atoms with E-state index in [-0.39, 0.29) is 12.5 Å². The van der Waals surface area contributed by atoms with Crippen molar-refractivity contribution in [2.24, 2.45) is 4.99 Å². The first kappa shape index (κ1) is 27.6. The van der Waals surface area contributed by atoms with Crippen LogP contribution in [0.1, 0.15) is 34.8 Å². The number of aliphatic hydroxyl groups is 1. The zero-order valence-corrected chi connectivity index (χ0v) is 23.6. The molecule has 0 aromatic heterocycles. The molecule has 1 aliphatic rings. The Morgan fingerprint density at radius 2 is 1.57 bits per heavy atom. The lowest BCUT2D eigenvalue weighted by Crippen LogP contribution is -2.49. The molecule has 0 saturated carbocycles. The Morgan fingerprint density at radius 1 is 0.900 bits per heavy atom. The molecule has 2 N–H and O–H groups in total. The van der Waals surface area contributed by atoms with E-state index in [1.165, 1.54) is 0 Å². The quantitative estimate of drug-likeness (QED) is 0.207. The highest BCUT2D eigenvalue weighted by molar-refractivity contribution is 9.10. The summed E-state index contributed by atoms with van der Waals surface area (Å²) in [5.74, 6) is 0.895. The van der Waals surface area contributed by atoms with Crippen LogP contribution in [0.2, 0.25) is 0 Å². The molecule has 204 valence electrons. The van der Waals surface area contributed by atoms with E-state index in [1.54, 1.807) is 0 Å². The van der Waals surface area contributed by atoms with E-state index in [1.807, 2.05) is 109 Å². The minimum absolute atomic E-state index is 0.0798. The normalized spacial score (nSPS) is 18.1. The largest absolute Gasteiger partial charge is 0.494 e. The van der Waals surface area contributed by atoms with Gasteiger partial charge in [-0.25, -0.2) is 4.99 Å². The Morgan fingerprint density at radius 3 is 2.25 bits per heavy atom. The van der Waals surface area contributed by atoms with Crippen molar-refractivity contribution in [3.8, 4) is 5.75 Å². The molecular weight excluding hydrogens is 568 g/mol. The highest BCUT2D eigenvalue weighted by Gasteiger charge is 2.53. The number of rotatable bonds is 11. The first-order valence-corrected chi connectivity index (χ1v) is 14.1. The smallest absolute Gasteiger partial charge is 0.252 e. The number of benzene rings is 4. The summed E-state index contributed by atoms with van der Waals surface area (Å²) in [6.07, 6.45) is 0.280. The number of aliphatic hydroxyl groups excluding tert-OH is 1. The average molecular weight is 600 g/mol. The van der Waals surface area contributed by atoms with Gasteiger partial charge in [-0.3, -0.25) is 4.79 Å². The summed E-state index contributed by atoms with van der Waals surface area (Å²) in [6.45, 7) is 0.894. The zero-order valence-electron chi connectivity index (χ0n) is 22.0. The molecule has 2 atom stereocenters. The third kappa shape index (κ3) is 6.43. The van der Waals surface area contributed by atoms with E-state index in [0.29, 0.717) is 37.6 Å². The predicted molar refractivity (Wildman–Crippen MR) is 159 cm³/mol. The number of hydrogen-bond donors (Lipinski definition) is 2. The Balaban J connectivity index is 1.53. The van der Waals surface area contributed by atoms with Crippen molar-refractivity contribution in [2.45, 2.75) is 31.0 Å². The van der Waals surface area contributed by atoms with Crippen LogP contribution < -0.4 is 10.1 Å². The summed E-state index contributed by atoms with van der Waals surface area (Å²) in [7, 11) is 0. The van der Waals surface area contributed by atoms with Crippen LogP contribution in [0.4, 0.5) is 0 Å². The third-order valence-electron chi connectivity index (χ3n) is 6.82. The van der Waals surface area contributed by atoms with Gasteiger partial charge in [0.05, 0.1) is 6.61 Å². The summed E-state index contributed by atoms with van der Waals surface area (Å²) in [5.41, 5.74) is 2.36. The standard InChI is InChI=1S/C33H31BrN2O4/c34-28-16-12-24(13-17-28)22-33(32(38)35-23-25-8-3-1-4-9-25)30(26-10-5-2-6-11-26)40-31(36-33)27-14-18-29(19-15-27)39-21-7-20-37/h1-6,8-19,30,37H,7,20-23H2,(H,35,38)/t30-,33-/m1/s1. The van der Waals surface area contributed by atoms with Gasteiger partial charge in [-0.2, -0.15) is 0 Å². The van der Waals surface area contributed by atoms with Crippen molar-refractivity contribution in [1.82, 2.24) is 5.32 Å². The van der Waals surface area contributed by atoms with Crippen molar-refractivity contribution in [3.05, 3.63) is 136 Å². The van der Waals surface area contributed by atoms with Crippen LogP contribution in [-0.2, 0) is 22.5 Å². The van der Waals surface area contributed by atoms with Gasteiger partial charge in [0.1, 0.15) is 5.75 Å². The van der Waals surface area contributed by atoms with Gasteiger partial charge < -0.3 is 19.9 Å². The molecule has 4 aromatic rings. The summed E-state index contributed by atoms with van der Waals surface area (Å²) < 4.78 is 13.2. The molecule has 0 radical (unpaired) electrons. The molecule has 0 aliphatic carbocycles. The predicted octanol–water partition coefficient (Wildman–Crippen LogP) is 6.03. The number of halogens is 1. The van der Waals surface area contributed by atoms with Crippen LogP contribution in [0.25, 0.3) is 0 Å². The zero-order chi connectivity index (χ0) is 27.8. The summed E-state index contributed by atoms with van der Waals surface area (Å²) in [6, 6.07) is 35.0. The molecule has 0 spiro atoms. The van der Waals surface area contributed by atoms with Crippen LogP contribution >= 0.6 is 15.9 Å². The summed E-state index contributed by atoms with van der Waals surface area (Å²) in [4.78, 5) is 19.3. The number of ether oxygens (including phenoxy) is 2. The minimum atomic E-state index is -1.24. The molecular formula is C33H31BrN2O4. The van der Waals surface area contributed by atoms with Crippen LogP contribution in [0.3, 0.4) is 0 Å². The van der Waals surface area contributed by atoms with Gasteiger partial charge in [0.2, 0.25) is 5.90 Å². The fraction of sp³-hybridized carbons (Fsp3) is 0.212. The summed E-state index contributed by atoms with van der Waals surface area (Å²) in [5, 5.41) is 12.2. The molecule has 7 heteroatoms. The Bertz CT molecular complexity index is 1430. The highest BCUT2D eigenvalue weighted by Crippen LogP contribution is 2.42. The second kappa shape index (κ2) is 12.9. The molecule has 0 unspecified atom stereocenters. The first-order chi connectivity index (χ1) is 19.6. The van der Waals surface area contributed by atoms with Crippen molar-refractivity contribution in [3.63, 3.8) is 0 Å². The van der Waals surface area contributed by atoms with E-state index in [0.717, 1.165) is 26.7 Å². The van der Waals surface area contributed by atoms with E-state index in [2.05, 4.69) is 21.2 Å². The number of aliphatic imine (C=N–C) groups is 1. The van der Waals surface area contributed by atoms with E-state index in [4.69, 9.17) is 19.6 Å². The van der Waals surface area contributed by atoms with Crippen LogP contribution in [-0.4, -0.2) is 35.7 Å². The number of carbonyl (C=O) groups excluding carboxylic acids is 1. The lowest BCUT2D eigenvalue weighted by Gasteiger charge is -2.31. The Labute approximate surface area is 242 Å². The Kier molecular flexibility index (Phi) is 8.94. The second-order valence-corrected chi connectivity index (χ2v) is 10.6. The Hall–Kier alpha value is -3.94. The van der Waals surface area contributed by atoms with Crippen molar-refractivity contribution >= 4 is 27.7 Å². The maximum atomic E-state index is 14.2. The van der Waals surface area contributed by atoms with Gasteiger partial charge in [-0.05, 0) is 53.1 Å². The highest BCUT2D eigenvalue weighted by atomic mass is 79.9. The fourth-order valence-electron chi connectivity index (χ4n) is 4.75. The van der Waals surface area contributed by atoms with Gasteiger partial charge >= 0.3 is 0 Å². The number of nitrogens with one attached hydrogen (secondary N) is 1. The molecule has 4 aromatic carbocycles. The molecule has 1 amide bonds. The van der Waals surface area contributed by atoms with Crippen molar-refractivity contribution in [2.75, 3.05) is 13.2 Å². The van der Waals surface area contributed by atoms with Crippen molar-refractivity contribution < 1.29 is 19.4 Å². The monoisotopic (exact) mass is 598 g/mol. The first-order valence-electron chi connectivity index (χ1n) is 13.3. The maximum Gasteiger partial charge on any atom is 0.252 e. The molecule has 6 nitrogen and oxygen atoms in total. The third-order valence-corrected chi connectivity index (χ3v) is 7.34. The lowest BCUT2D eigenvalue weighted by atomic mass is 9.82. The molecule has 40 heavy (non-hydrogen) atoms. The van der Waals surface area contributed by atoms with Crippen molar-refractivity contribution in [1.29, 1.82) is 0 Å². The fourth-order valence-corrected chi connectivity index (χ4v) is 5.02. The number of nitrogens with zero attached hydrogens (tertiary/aromatic N) is 1. The van der Waals surface area contributed by atoms with Gasteiger partial charge in [-0.15, -0.1) is 0 Å². The van der Waals surface area contributed by atoms with Crippen LogP contribution in [0.5, 0.6) is 5.75 Å². The van der Waals surface area contributed by atoms with Gasteiger partial charge in [0.15, 0.2) is 11.6 Å². The molecule has 0 saturated heterocycles. The van der Waals surface area contributed by atoms with Gasteiger partial charge in [-0.1, -0.05) is 88.7 Å². The second-order valence-electron chi connectivity index (χ2n) is 9.67. The van der Waals surface area contributed by atoms with Gasteiger partial charge in [0, 0.05) is 36.0 Å². The topological polar surface area (TPSA) is 80.2 Å². The van der Waals surface area contributed by atoms with Gasteiger partial charge in [0.25, 0.3) is 5.91 Å². The van der Waals surface area contributed by atoms with Crippen LogP contribution in [0, 0.1) is 0 Å². The summed E-state index contributed by atoms with van der Waals surface area (Å²) >= 11 is 3.51. The van der Waals surface area contributed by atoms with E-state index < -0.39 is 11.6 Å². The molecule has 1 aliphatic heterocycles. The van der Waals surface area contributed by atoms with E-state index in [9.17, 15) is 4.79 Å². The van der Waals surface area contributed by atoms with Crippen LogP contribution in [0.15, 0.2) is 119 Å². The SMILES string of the molecule is O=C(NCc1ccccc1)[C@]1(Cc2ccc(Br)cc2)N=C(c2ccc(OCCCO)cc2)O[C@@H]1c1ccccc1. The molecule has 0 fully saturated rings.